The standard InChI is InChI=1S/C17H24O2S/c1-16(2)10-12(17(3,4)19-16)15(18)14-9-11-7-5-6-8-13(11)20-14/h9,12H,5-8,10H2,1-4H3. The van der Waals surface area contributed by atoms with E-state index in [9.17, 15) is 4.79 Å². The van der Waals surface area contributed by atoms with Crippen molar-refractivity contribution < 1.29 is 9.53 Å². The van der Waals surface area contributed by atoms with Crippen molar-refractivity contribution in [1.82, 2.24) is 0 Å². The molecule has 1 aromatic heterocycles. The number of hydrogen-bond donors (Lipinski definition) is 0. The highest BCUT2D eigenvalue weighted by molar-refractivity contribution is 7.14. The van der Waals surface area contributed by atoms with Crippen LogP contribution in [-0.4, -0.2) is 17.0 Å². The molecule has 2 nitrogen and oxygen atoms in total. The number of rotatable bonds is 2. The van der Waals surface area contributed by atoms with Crippen molar-refractivity contribution in [2.75, 3.05) is 0 Å². The largest absolute Gasteiger partial charge is 0.369 e. The number of ether oxygens (including phenoxy) is 1. The van der Waals surface area contributed by atoms with Crippen molar-refractivity contribution in [2.24, 2.45) is 5.92 Å². The molecule has 2 aliphatic rings. The SMILES string of the molecule is CC1(C)CC(C(=O)c2cc3c(s2)CCCC3)C(C)(C)O1. The molecule has 1 aliphatic carbocycles. The van der Waals surface area contributed by atoms with Gasteiger partial charge in [0.1, 0.15) is 0 Å². The Hall–Kier alpha value is -0.670. The Morgan fingerprint density at radius 3 is 2.55 bits per heavy atom. The highest BCUT2D eigenvalue weighted by Gasteiger charge is 2.49. The van der Waals surface area contributed by atoms with Gasteiger partial charge in [0.05, 0.1) is 22.0 Å². The van der Waals surface area contributed by atoms with Crippen LogP contribution in [0, 0.1) is 5.92 Å². The fraction of sp³-hybridized carbons (Fsp3) is 0.706. The van der Waals surface area contributed by atoms with E-state index in [-0.39, 0.29) is 17.1 Å². The van der Waals surface area contributed by atoms with E-state index in [0.717, 1.165) is 24.1 Å². The van der Waals surface area contributed by atoms with E-state index in [1.54, 1.807) is 11.3 Å². The second kappa shape index (κ2) is 4.67. The van der Waals surface area contributed by atoms with Crippen LogP contribution in [0.2, 0.25) is 0 Å². The van der Waals surface area contributed by atoms with E-state index >= 15 is 0 Å². The summed E-state index contributed by atoms with van der Waals surface area (Å²) in [5.74, 6) is 0.276. The molecule has 0 saturated carbocycles. The predicted molar refractivity (Wildman–Crippen MR) is 82.6 cm³/mol. The molecule has 1 atom stereocenters. The molecule has 0 aromatic carbocycles. The topological polar surface area (TPSA) is 26.3 Å². The van der Waals surface area contributed by atoms with Gasteiger partial charge in [-0.1, -0.05) is 0 Å². The van der Waals surface area contributed by atoms with Crippen LogP contribution in [0.15, 0.2) is 6.07 Å². The van der Waals surface area contributed by atoms with E-state index in [2.05, 4.69) is 33.8 Å². The number of carbonyl (C=O) groups excluding carboxylic acids is 1. The molecule has 3 heteroatoms. The third-order valence-electron chi connectivity index (χ3n) is 4.63. The highest BCUT2D eigenvalue weighted by Crippen LogP contribution is 2.44. The third-order valence-corrected chi connectivity index (χ3v) is 5.88. The average Bonchev–Trinajstić information content (AvgIpc) is 2.85. The Morgan fingerprint density at radius 1 is 1.25 bits per heavy atom. The maximum absolute atomic E-state index is 12.9. The fourth-order valence-corrected chi connectivity index (χ4v) is 5.00. The number of fused-ring (bicyclic) bond motifs is 1. The molecular formula is C17H24O2S. The molecule has 20 heavy (non-hydrogen) atoms. The van der Waals surface area contributed by atoms with Crippen molar-refractivity contribution >= 4 is 17.1 Å². The van der Waals surface area contributed by atoms with E-state index in [4.69, 9.17) is 4.74 Å². The molecule has 0 amide bonds. The fourth-order valence-electron chi connectivity index (χ4n) is 3.75. The quantitative estimate of drug-likeness (QED) is 0.755. The summed E-state index contributed by atoms with van der Waals surface area (Å²) in [5.41, 5.74) is 0.867. The average molecular weight is 292 g/mol. The summed E-state index contributed by atoms with van der Waals surface area (Å²) in [6.07, 6.45) is 5.66. The molecule has 0 radical (unpaired) electrons. The van der Waals surface area contributed by atoms with Crippen LogP contribution in [0.25, 0.3) is 0 Å². The molecular weight excluding hydrogens is 268 g/mol. The molecule has 3 rings (SSSR count). The lowest BCUT2D eigenvalue weighted by molar-refractivity contribution is -0.0712. The molecule has 1 unspecified atom stereocenters. The number of hydrogen-bond acceptors (Lipinski definition) is 3. The monoisotopic (exact) mass is 292 g/mol. The van der Waals surface area contributed by atoms with Crippen LogP contribution in [0.3, 0.4) is 0 Å². The summed E-state index contributed by atoms with van der Waals surface area (Å²) >= 11 is 1.73. The van der Waals surface area contributed by atoms with Gasteiger partial charge in [-0.3, -0.25) is 4.79 Å². The summed E-state index contributed by atoms with van der Waals surface area (Å²) in [7, 11) is 0. The number of carbonyl (C=O) groups is 1. The molecule has 1 aromatic rings. The number of thiophene rings is 1. The third kappa shape index (κ3) is 2.46. The second-order valence-electron chi connectivity index (χ2n) is 7.35. The zero-order valence-electron chi connectivity index (χ0n) is 12.9. The molecule has 0 bridgehead atoms. The van der Waals surface area contributed by atoms with E-state index in [0.29, 0.717) is 5.78 Å². The zero-order chi connectivity index (χ0) is 14.5. The lowest BCUT2D eigenvalue weighted by Gasteiger charge is -2.26. The first kappa shape index (κ1) is 14.3. The van der Waals surface area contributed by atoms with Crippen molar-refractivity contribution in [3.8, 4) is 0 Å². The van der Waals surface area contributed by atoms with Crippen LogP contribution < -0.4 is 0 Å². The van der Waals surface area contributed by atoms with E-state index in [1.807, 2.05) is 0 Å². The Kier molecular flexibility index (Phi) is 3.33. The van der Waals surface area contributed by atoms with Gasteiger partial charge in [0.2, 0.25) is 0 Å². The maximum Gasteiger partial charge on any atom is 0.178 e. The second-order valence-corrected chi connectivity index (χ2v) is 8.49. The molecule has 0 spiro atoms. The first-order valence-electron chi connectivity index (χ1n) is 7.64. The lowest BCUT2D eigenvalue weighted by Crippen LogP contribution is -2.33. The summed E-state index contributed by atoms with van der Waals surface area (Å²) in [5, 5.41) is 0. The van der Waals surface area contributed by atoms with Crippen LogP contribution >= 0.6 is 11.3 Å². The van der Waals surface area contributed by atoms with Gasteiger partial charge in [0, 0.05) is 4.88 Å². The minimum absolute atomic E-state index is 0.0161. The summed E-state index contributed by atoms with van der Waals surface area (Å²) < 4.78 is 6.08. The first-order valence-corrected chi connectivity index (χ1v) is 8.46. The Morgan fingerprint density at radius 2 is 1.95 bits per heavy atom. The Balaban J connectivity index is 1.87. The minimum atomic E-state index is -0.356. The van der Waals surface area contributed by atoms with Gasteiger partial charge in [0.25, 0.3) is 0 Å². The van der Waals surface area contributed by atoms with Crippen LogP contribution in [0.5, 0.6) is 0 Å². The van der Waals surface area contributed by atoms with E-state index in [1.165, 1.54) is 23.3 Å². The number of Topliss-reactive ketones (excluding diaryl/α,β-unsaturated/α-hetero) is 1. The molecule has 0 N–H and O–H groups in total. The maximum atomic E-state index is 12.9. The summed E-state index contributed by atoms with van der Waals surface area (Å²) in [4.78, 5) is 15.3. The van der Waals surface area contributed by atoms with Gasteiger partial charge in [-0.25, -0.2) is 0 Å². The zero-order valence-corrected chi connectivity index (χ0v) is 13.7. The van der Waals surface area contributed by atoms with Gasteiger partial charge in [-0.05, 0) is 71.4 Å². The van der Waals surface area contributed by atoms with E-state index < -0.39 is 0 Å². The van der Waals surface area contributed by atoms with Gasteiger partial charge in [-0.15, -0.1) is 11.3 Å². The predicted octanol–water partition coefficient (Wildman–Crippen LogP) is 4.40. The highest BCUT2D eigenvalue weighted by atomic mass is 32.1. The molecule has 1 fully saturated rings. The van der Waals surface area contributed by atoms with Gasteiger partial charge in [0.15, 0.2) is 5.78 Å². The lowest BCUT2D eigenvalue weighted by atomic mass is 9.83. The van der Waals surface area contributed by atoms with Crippen LogP contribution in [0.1, 0.15) is 67.1 Å². The smallest absolute Gasteiger partial charge is 0.178 e. The van der Waals surface area contributed by atoms with Gasteiger partial charge < -0.3 is 4.74 Å². The van der Waals surface area contributed by atoms with Crippen LogP contribution in [-0.2, 0) is 17.6 Å². The summed E-state index contributed by atoms with van der Waals surface area (Å²) in [6.45, 7) is 8.28. The normalized spacial score (nSPS) is 27.3. The minimum Gasteiger partial charge on any atom is -0.369 e. The van der Waals surface area contributed by atoms with Crippen molar-refractivity contribution in [1.29, 1.82) is 0 Å². The first-order chi connectivity index (χ1) is 9.28. The van der Waals surface area contributed by atoms with Gasteiger partial charge in [-0.2, -0.15) is 0 Å². The van der Waals surface area contributed by atoms with Crippen molar-refractivity contribution in [3.05, 3.63) is 21.4 Å². The summed E-state index contributed by atoms with van der Waals surface area (Å²) in [6, 6.07) is 2.16. The van der Waals surface area contributed by atoms with Crippen LogP contribution in [0.4, 0.5) is 0 Å². The number of aryl methyl sites for hydroxylation is 2. The van der Waals surface area contributed by atoms with Crippen molar-refractivity contribution in [3.63, 3.8) is 0 Å². The Bertz CT molecular complexity index is 516. The molecule has 1 aliphatic heterocycles. The molecule has 1 saturated heterocycles. The number of ketones is 1. The molecule has 2 heterocycles. The van der Waals surface area contributed by atoms with Gasteiger partial charge >= 0.3 is 0 Å². The Labute approximate surface area is 125 Å². The van der Waals surface area contributed by atoms with Crippen molar-refractivity contribution in [2.45, 2.75) is 71.0 Å². The molecule has 110 valence electrons.